The highest BCUT2D eigenvalue weighted by Crippen LogP contribution is 2.51. The second-order valence-electron chi connectivity index (χ2n) is 18.3. The Morgan fingerprint density at radius 3 is 1.59 bits per heavy atom. The molecule has 0 atom stereocenters. The fourth-order valence-electron chi connectivity index (χ4n) is 11.0. The molecule has 0 spiro atoms. The van der Waals surface area contributed by atoms with Crippen LogP contribution in [0.2, 0.25) is 0 Å². The van der Waals surface area contributed by atoms with Crippen molar-refractivity contribution in [3.05, 3.63) is 266 Å². The summed E-state index contributed by atoms with van der Waals surface area (Å²) in [6, 6.07) is 92.0. The summed E-state index contributed by atoms with van der Waals surface area (Å²) >= 11 is 0. The fourth-order valence-corrected chi connectivity index (χ4v) is 11.0. The van der Waals surface area contributed by atoms with Crippen LogP contribution in [0.4, 0.5) is 17.1 Å². The van der Waals surface area contributed by atoms with Crippen LogP contribution in [0.5, 0.6) is 0 Å². The minimum atomic E-state index is 1.07. The van der Waals surface area contributed by atoms with Gasteiger partial charge in [-0.1, -0.05) is 206 Å². The predicted molar refractivity (Wildman–Crippen MR) is 296 cm³/mol. The molecular formula is C68H47N. The van der Waals surface area contributed by atoms with E-state index in [9.17, 15) is 0 Å². The largest absolute Gasteiger partial charge is 0.310 e. The lowest BCUT2D eigenvalue weighted by Crippen LogP contribution is -2.09. The Balaban J connectivity index is 1.13. The second kappa shape index (κ2) is 17.1. The van der Waals surface area contributed by atoms with Crippen LogP contribution in [0.1, 0.15) is 17.5 Å². The quantitative estimate of drug-likeness (QED) is 0.138. The molecule has 1 nitrogen and oxygen atoms in total. The molecule has 0 bridgehead atoms. The minimum Gasteiger partial charge on any atom is -0.310 e. The Kier molecular flexibility index (Phi) is 10.1. The molecular weight excluding hydrogens is 831 g/mol. The van der Waals surface area contributed by atoms with Crippen molar-refractivity contribution in [1.29, 1.82) is 0 Å². The Bertz CT molecular complexity index is 3910. The summed E-state index contributed by atoms with van der Waals surface area (Å²) in [6.45, 7) is 0. The van der Waals surface area contributed by atoms with E-state index in [1.54, 1.807) is 0 Å². The molecule has 0 radical (unpaired) electrons. The van der Waals surface area contributed by atoms with E-state index in [2.05, 4.69) is 266 Å². The van der Waals surface area contributed by atoms with E-state index in [-0.39, 0.29) is 0 Å². The molecule has 12 aromatic carbocycles. The van der Waals surface area contributed by atoms with E-state index in [0.29, 0.717) is 0 Å². The van der Waals surface area contributed by atoms with Gasteiger partial charge in [-0.15, -0.1) is 0 Å². The van der Waals surface area contributed by atoms with Crippen LogP contribution in [-0.2, 0) is 6.42 Å². The molecule has 0 aromatic heterocycles. The number of anilines is 3. The van der Waals surface area contributed by atoms with Gasteiger partial charge in [-0.05, 0) is 177 Å². The Hall–Kier alpha value is -8.78. The topological polar surface area (TPSA) is 3.24 Å². The lowest BCUT2D eigenvalue weighted by atomic mass is 9.80. The van der Waals surface area contributed by atoms with Crippen LogP contribution in [0.15, 0.2) is 255 Å². The van der Waals surface area contributed by atoms with Crippen LogP contribution in [0.25, 0.3) is 105 Å². The van der Waals surface area contributed by atoms with E-state index < -0.39 is 0 Å². The maximum absolute atomic E-state index is 2.48. The average Bonchev–Trinajstić information content (AvgIpc) is 3.43. The van der Waals surface area contributed by atoms with Gasteiger partial charge in [-0.2, -0.15) is 0 Å². The van der Waals surface area contributed by atoms with E-state index in [1.165, 1.54) is 110 Å². The smallest absolute Gasteiger partial charge is 0.0468 e. The molecule has 1 aliphatic carbocycles. The number of hydrogen-bond acceptors (Lipinski definition) is 1. The van der Waals surface area contributed by atoms with Gasteiger partial charge < -0.3 is 4.90 Å². The summed E-state index contributed by atoms with van der Waals surface area (Å²) < 4.78 is 0. The zero-order valence-electron chi connectivity index (χ0n) is 38.2. The molecule has 1 heteroatoms. The SMILES string of the molecule is C1=Cc2c(cccc2-c2ccc3c(c2)c2cc(-c4ccccc4)ccc2c2c(-c4ccccc4)cc(-c4ccccc4)c(-c4ccc(N(c5ccccc5)c5ccc6ccccc6c5)cc4)c32)CC1. The van der Waals surface area contributed by atoms with Crippen molar-refractivity contribution in [2.75, 3.05) is 4.90 Å². The molecule has 0 fully saturated rings. The molecule has 13 rings (SSSR count). The van der Waals surface area contributed by atoms with Gasteiger partial charge in [0.05, 0.1) is 0 Å². The Morgan fingerprint density at radius 2 is 0.870 bits per heavy atom. The highest BCUT2D eigenvalue weighted by molar-refractivity contribution is 6.33. The Morgan fingerprint density at radius 1 is 0.304 bits per heavy atom. The van der Waals surface area contributed by atoms with Crippen molar-refractivity contribution < 1.29 is 0 Å². The van der Waals surface area contributed by atoms with Crippen LogP contribution in [0.3, 0.4) is 0 Å². The maximum atomic E-state index is 2.48. The van der Waals surface area contributed by atoms with Gasteiger partial charge in [0, 0.05) is 17.1 Å². The minimum absolute atomic E-state index is 1.07. The van der Waals surface area contributed by atoms with E-state index >= 15 is 0 Å². The number of allylic oxidation sites excluding steroid dienone is 1. The molecule has 0 saturated heterocycles. The van der Waals surface area contributed by atoms with Gasteiger partial charge in [0.2, 0.25) is 0 Å². The van der Waals surface area contributed by atoms with Crippen LogP contribution >= 0.6 is 0 Å². The second-order valence-corrected chi connectivity index (χ2v) is 18.3. The number of para-hydroxylation sites is 1. The standard InChI is InChI=1S/C68H47N/c1-5-18-46(19-6-1)53-35-40-60-64(43-53)65-44-54(59-31-17-27-48-25-15-16-30-58(48)59)36-41-61(65)68-66(62(49-21-7-2-8-22-49)45-63(67(60)68)50-23-9-3-10-24-50)51-33-37-56(38-34-51)69(55-28-11-4-12-29-55)57-39-32-47-20-13-14-26-52(47)42-57/h1-14,16-24,26-45H,15,25H2. The van der Waals surface area contributed by atoms with Gasteiger partial charge in [-0.25, -0.2) is 0 Å². The summed E-state index contributed by atoms with van der Waals surface area (Å²) in [4.78, 5) is 2.37. The molecule has 0 amide bonds. The molecule has 12 aromatic rings. The van der Waals surface area contributed by atoms with E-state index in [1.807, 2.05) is 0 Å². The Labute approximate surface area is 403 Å². The molecule has 69 heavy (non-hydrogen) atoms. The van der Waals surface area contributed by atoms with Crippen molar-refractivity contribution in [3.63, 3.8) is 0 Å². The summed E-state index contributed by atoms with van der Waals surface area (Å²) in [5.41, 5.74) is 18.2. The number of aryl methyl sites for hydroxylation is 1. The monoisotopic (exact) mass is 877 g/mol. The van der Waals surface area contributed by atoms with Gasteiger partial charge in [-0.3, -0.25) is 0 Å². The highest BCUT2D eigenvalue weighted by Gasteiger charge is 2.24. The molecule has 1 aliphatic rings. The molecule has 0 N–H and O–H groups in total. The molecule has 324 valence electrons. The lowest BCUT2D eigenvalue weighted by Gasteiger charge is -2.26. The van der Waals surface area contributed by atoms with Crippen molar-refractivity contribution >= 4 is 66.2 Å². The van der Waals surface area contributed by atoms with Gasteiger partial charge in [0.1, 0.15) is 0 Å². The summed E-state index contributed by atoms with van der Waals surface area (Å²) in [5, 5.41) is 9.94. The first-order valence-electron chi connectivity index (χ1n) is 24.1. The molecule has 0 heterocycles. The number of nitrogens with zero attached hydrogens (tertiary/aromatic N) is 1. The third-order valence-electron chi connectivity index (χ3n) is 14.3. The van der Waals surface area contributed by atoms with E-state index in [4.69, 9.17) is 0 Å². The summed E-state index contributed by atoms with van der Waals surface area (Å²) in [5.74, 6) is 0. The number of rotatable bonds is 8. The third-order valence-corrected chi connectivity index (χ3v) is 14.3. The zero-order chi connectivity index (χ0) is 45.7. The molecule has 0 saturated carbocycles. The van der Waals surface area contributed by atoms with Crippen LogP contribution in [-0.4, -0.2) is 0 Å². The fraction of sp³-hybridized carbons (Fsp3) is 0.0294. The van der Waals surface area contributed by atoms with Crippen molar-refractivity contribution in [2.45, 2.75) is 12.8 Å². The number of benzene rings is 12. The van der Waals surface area contributed by atoms with E-state index in [0.717, 1.165) is 29.9 Å². The maximum Gasteiger partial charge on any atom is 0.0468 e. The average molecular weight is 878 g/mol. The van der Waals surface area contributed by atoms with Gasteiger partial charge in [0.25, 0.3) is 0 Å². The van der Waals surface area contributed by atoms with Gasteiger partial charge >= 0.3 is 0 Å². The zero-order valence-corrected chi connectivity index (χ0v) is 38.2. The first-order chi connectivity index (χ1) is 34.2. The highest BCUT2D eigenvalue weighted by atomic mass is 15.1. The number of fused-ring (bicyclic) bond motifs is 8. The molecule has 0 unspecified atom stereocenters. The van der Waals surface area contributed by atoms with Crippen molar-refractivity contribution in [3.8, 4) is 55.6 Å². The van der Waals surface area contributed by atoms with Crippen LogP contribution < -0.4 is 4.90 Å². The predicted octanol–water partition coefficient (Wildman–Crippen LogP) is 19.1. The van der Waals surface area contributed by atoms with Crippen molar-refractivity contribution in [1.82, 2.24) is 0 Å². The lowest BCUT2D eigenvalue weighted by molar-refractivity contribution is 0.986. The molecule has 0 aliphatic heterocycles. The first-order valence-corrected chi connectivity index (χ1v) is 24.1. The van der Waals surface area contributed by atoms with Crippen molar-refractivity contribution in [2.24, 2.45) is 0 Å². The normalized spacial score (nSPS) is 12.2. The summed E-state index contributed by atoms with van der Waals surface area (Å²) in [7, 11) is 0. The first kappa shape index (κ1) is 40.5. The van der Waals surface area contributed by atoms with Crippen LogP contribution in [0, 0.1) is 0 Å². The van der Waals surface area contributed by atoms with Gasteiger partial charge in [0.15, 0.2) is 0 Å². The summed E-state index contributed by atoms with van der Waals surface area (Å²) in [6.07, 6.45) is 6.82. The number of hydrogen-bond donors (Lipinski definition) is 0. The third kappa shape index (κ3) is 7.19.